The molecule has 4 aromatic heterocycles. The van der Waals surface area contributed by atoms with Crippen molar-refractivity contribution in [3.8, 4) is 11.5 Å². The fourth-order valence-corrected chi connectivity index (χ4v) is 3.45. The highest BCUT2D eigenvalue weighted by Crippen LogP contribution is 2.28. The second-order valence-electron chi connectivity index (χ2n) is 7.32. The Bertz CT molecular complexity index is 1380. The SMILES string of the molecule is Cc1nc2cc(NC(=O)c3cc(-c4ccco4)nc4c3cnn4C(C)C)ccc2o1. The molecule has 1 aromatic carbocycles. The van der Waals surface area contributed by atoms with E-state index in [-0.39, 0.29) is 11.9 Å². The summed E-state index contributed by atoms with van der Waals surface area (Å²) in [4.78, 5) is 22.2. The van der Waals surface area contributed by atoms with Gasteiger partial charge in [0.05, 0.1) is 23.4 Å². The van der Waals surface area contributed by atoms with Crippen LogP contribution >= 0.6 is 0 Å². The van der Waals surface area contributed by atoms with Gasteiger partial charge in [0, 0.05) is 18.7 Å². The Morgan fingerprint density at radius 3 is 2.80 bits per heavy atom. The van der Waals surface area contributed by atoms with Crippen LogP contribution in [0.2, 0.25) is 0 Å². The number of amides is 1. The van der Waals surface area contributed by atoms with Crippen molar-refractivity contribution in [2.75, 3.05) is 5.32 Å². The zero-order chi connectivity index (χ0) is 20.8. The lowest BCUT2D eigenvalue weighted by Gasteiger charge is -2.10. The predicted octanol–water partition coefficient (Wildman–Crippen LogP) is 4.97. The number of anilines is 1. The molecule has 0 bridgehead atoms. The largest absolute Gasteiger partial charge is 0.463 e. The number of hydrogen-bond donors (Lipinski definition) is 1. The van der Waals surface area contributed by atoms with E-state index in [2.05, 4.69) is 15.4 Å². The number of furan rings is 1. The Labute approximate surface area is 171 Å². The fourth-order valence-electron chi connectivity index (χ4n) is 3.45. The highest BCUT2D eigenvalue weighted by molar-refractivity contribution is 6.12. The van der Waals surface area contributed by atoms with Crippen LogP contribution < -0.4 is 5.32 Å². The lowest BCUT2D eigenvalue weighted by atomic mass is 10.1. The van der Waals surface area contributed by atoms with E-state index in [9.17, 15) is 4.79 Å². The van der Waals surface area contributed by atoms with E-state index in [0.29, 0.717) is 50.7 Å². The van der Waals surface area contributed by atoms with Crippen LogP contribution in [0.4, 0.5) is 5.69 Å². The molecule has 0 fully saturated rings. The Hall–Kier alpha value is -3.94. The second kappa shape index (κ2) is 6.84. The molecule has 0 aliphatic heterocycles. The van der Waals surface area contributed by atoms with Gasteiger partial charge in [-0.25, -0.2) is 14.6 Å². The summed E-state index contributed by atoms with van der Waals surface area (Å²) in [6.07, 6.45) is 3.25. The molecular weight excluding hydrogens is 382 g/mol. The Morgan fingerprint density at radius 1 is 1.17 bits per heavy atom. The molecule has 150 valence electrons. The molecule has 0 saturated carbocycles. The molecule has 0 radical (unpaired) electrons. The number of oxazole rings is 1. The van der Waals surface area contributed by atoms with Crippen LogP contribution in [0, 0.1) is 6.92 Å². The van der Waals surface area contributed by atoms with Crippen molar-refractivity contribution in [2.45, 2.75) is 26.8 Å². The van der Waals surface area contributed by atoms with Crippen molar-refractivity contribution in [2.24, 2.45) is 0 Å². The second-order valence-corrected chi connectivity index (χ2v) is 7.32. The van der Waals surface area contributed by atoms with E-state index in [1.54, 1.807) is 54.4 Å². The number of nitrogens with zero attached hydrogens (tertiary/aromatic N) is 4. The van der Waals surface area contributed by atoms with E-state index in [0.717, 1.165) is 0 Å². The van der Waals surface area contributed by atoms with Gasteiger partial charge in [0.2, 0.25) is 0 Å². The summed E-state index contributed by atoms with van der Waals surface area (Å²) in [5, 5.41) is 8.05. The van der Waals surface area contributed by atoms with Crippen LogP contribution in [0.3, 0.4) is 0 Å². The first-order chi connectivity index (χ1) is 14.5. The average Bonchev–Trinajstić information content (AvgIpc) is 3.45. The third kappa shape index (κ3) is 3.02. The van der Waals surface area contributed by atoms with Crippen molar-refractivity contribution in [3.63, 3.8) is 0 Å². The van der Waals surface area contributed by atoms with Gasteiger partial charge >= 0.3 is 0 Å². The minimum atomic E-state index is -0.266. The number of nitrogens with one attached hydrogen (secondary N) is 1. The van der Waals surface area contributed by atoms with Crippen LogP contribution in [0.25, 0.3) is 33.6 Å². The molecule has 0 aliphatic rings. The van der Waals surface area contributed by atoms with Crippen LogP contribution in [0.15, 0.2) is 57.7 Å². The van der Waals surface area contributed by atoms with E-state index < -0.39 is 0 Å². The number of aryl methyl sites for hydroxylation is 1. The monoisotopic (exact) mass is 401 g/mol. The zero-order valence-corrected chi connectivity index (χ0v) is 16.7. The molecule has 1 N–H and O–H groups in total. The van der Waals surface area contributed by atoms with Crippen molar-refractivity contribution in [1.82, 2.24) is 19.7 Å². The smallest absolute Gasteiger partial charge is 0.256 e. The number of fused-ring (bicyclic) bond motifs is 2. The van der Waals surface area contributed by atoms with Gasteiger partial charge in [-0.05, 0) is 50.2 Å². The number of aromatic nitrogens is 4. The highest BCUT2D eigenvalue weighted by atomic mass is 16.3. The van der Waals surface area contributed by atoms with Gasteiger partial charge in [-0.3, -0.25) is 4.79 Å². The third-order valence-corrected chi connectivity index (χ3v) is 4.83. The summed E-state index contributed by atoms with van der Waals surface area (Å²) >= 11 is 0. The number of rotatable bonds is 4. The van der Waals surface area contributed by atoms with Gasteiger partial charge in [0.25, 0.3) is 5.91 Å². The Morgan fingerprint density at radius 2 is 2.03 bits per heavy atom. The molecule has 30 heavy (non-hydrogen) atoms. The average molecular weight is 401 g/mol. The van der Waals surface area contributed by atoms with Gasteiger partial charge in [-0.15, -0.1) is 0 Å². The van der Waals surface area contributed by atoms with Crippen molar-refractivity contribution in [1.29, 1.82) is 0 Å². The standard InChI is InChI=1S/C22H19N5O3/c1-12(2)27-21-16(11-23-27)15(10-18(26-21)19-5-4-8-29-19)22(28)25-14-6-7-20-17(9-14)24-13(3)30-20/h4-12H,1-3H3,(H,25,28). The molecule has 4 heterocycles. The molecule has 1 amide bonds. The first-order valence-corrected chi connectivity index (χ1v) is 9.60. The molecule has 5 aromatic rings. The molecule has 5 rings (SSSR count). The van der Waals surface area contributed by atoms with E-state index in [1.807, 2.05) is 19.9 Å². The molecule has 0 saturated heterocycles. The number of carbonyl (C=O) groups excluding carboxylic acids is 1. The summed E-state index contributed by atoms with van der Waals surface area (Å²) in [7, 11) is 0. The number of benzene rings is 1. The van der Waals surface area contributed by atoms with Gasteiger partial charge in [-0.1, -0.05) is 0 Å². The third-order valence-electron chi connectivity index (χ3n) is 4.83. The molecule has 0 aliphatic carbocycles. The number of pyridine rings is 1. The number of carbonyl (C=O) groups is 1. The Kier molecular flexibility index (Phi) is 4.13. The first kappa shape index (κ1) is 18.1. The van der Waals surface area contributed by atoms with Crippen molar-refractivity contribution in [3.05, 3.63) is 60.3 Å². The summed E-state index contributed by atoms with van der Waals surface area (Å²) in [6, 6.07) is 10.8. The topological polar surface area (TPSA) is 99.0 Å². The summed E-state index contributed by atoms with van der Waals surface area (Å²) < 4.78 is 12.8. The lowest BCUT2D eigenvalue weighted by Crippen LogP contribution is -2.13. The number of hydrogen-bond acceptors (Lipinski definition) is 6. The minimum absolute atomic E-state index is 0.0931. The van der Waals surface area contributed by atoms with Gasteiger partial charge < -0.3 is 14.2 Å². The maximum Gasteiger partial charge on any atom is 0.256 e. The normalized spacial score (nSPS) is 11.6. The van der Waals surface area contributed by atoms with E-state index in [4.69, 9.17) is 13.8 Å². The van der Waals surface area contributed by atoms with Gasteiger partial charge in [0.15, 0.2) is 22.9 Å². The zero-order valence-electron chi connectivity index (χ0n) is 16.7. The molecule has 0 unspecified atom stereocenters. The maximum absolute atomic E-state index is 13.2. The predicted molar refractivity (Wildman–Crippen MR) is 112 cm³/mol. The van der Waals surface area contributed by atoms with Crippen LogP contribution in [0.5, 0.6) is 0 Å². The molecule has 8 heteroatoms. The summed E-state index contributed by atoms with van der Waals surface area (Å²) in [5.41, 5.74) is 3.66. The molecule has 8 nitrogen and oxygen atoms in total. The highest BCUT2D eigenvalue weighted by Gasteiger charge is 2.20. The first-order valence-electron chi connectivity index (χ1n) is 9.60. The van der Waals surface area contributed by atoms with E-state index >= 15 is 0 Å². The quantitative estimate of drug-likeness (QED) is 0.456. The van der Waals surface area contributed by atoms with Crippen LogP contribution in [0.1, 0.15) is 36.1 Å². The van der Waals surface area contributed by atoms with Gasteiger partial charge in [0.1, 0.15) is 11.2 Å². The van der Waals surface area contributed by atoms with E-state index in [1.165, 1.54) is 0 Å². The molecule has 0 atom stereocenters. The fraction of sp³-hybridized carbons (Fsp3) is 0.182. The van der Waals surface area contributed by atoms with Crippen molar-refractivity contribution >= 4 is 33.7 Å². The van der Waals surface area contributed by atoms with Crippen molar-refractivity contribution < 1.29 is 13.6 Å². The van der Waals surface area contributed by atoms with Gasteiger partial charge in [-0.2, -0.15) is 5.10 Å². The van der Waals surface area contributed by atoms with Crippen LogP contribution in [-0.2, 0) is 0 Å². The maximum atomic E-state index is 13.2. The summed E-state index contributed by atoms with van der Waals surface area (Å²) in [5.74, 6) is 0.897. The minimum Gasteiger partial charge on any atom is -0.463 e. The lowest BCUT2D eigenvalue weighted by molar-refractivity contribution is 0.102. The molecule has 0 spiro atoms. The van der Waals surface area contributed by atoms with Crippen LogP contribution in [-0.4, -0.2) is 25.7 Å². The summed E-state index contributed by atoms with van der Waals surface area (Å²) in [6.45, 7) is 5.82. The molecular formula is C22H19N5O3. The Balaban J connectivity index is 1.59.